The minimum absolute atomic E-state index is 0.0630. The Morgan fingerprint density at radius 2 is 2.17 bits per heavy atom. The van der Waals surface area contributed by atoms with Gasteiger partial charge in [-0.3, -0.25) is 4.57 Å². The van der Waals surface area contributed by atoms with Crippen molar-refractivity contribution >= 4 is 33.5 Å². The number of hydrogen-bond donors (Lipinski definition) is 4. The molecule has 5 N–H and O–H groups in total. The summed E-state index contributed by atoms with van der Waals surface area (Å²) in [7, 11) is 0. The Balaban J connectivity index is 2.39. The van der Waals surface area contributed by atoms with Crippen LogP contribution in [0.15, 0.2) is 15.5 Å². The second-order valence-electron chi connectivity index (χ2n) is 3.89. The SMILES string of the molecule is Nc1nc(=O)n([C@H]2S[C@H](CO)[C@@H](O)[C@@H]2O)cc1Br. The number of nitrogen functional groups attached to an aromatic ring is 1. The van der Waals surface area contributed by atoms with E-state index >= 15 is 0 Å². The maximum absolute atomic E-state index is 11.7. The summed E-state index contributed by atoms with van der Waals surface area (Å²) in [6.45, 7) is -0.280. The van der Waals surface area contributed by atoms with Crippen LogP contribution in [0.2, 0.25) is 0 Å². The molecular formula is C9H12BrN3O4S. The molecule has 2 heterocycles. The third kappa shape index (κ3) is 2.28. The van der Waals surface area contributed by atoms with Crippen LogP contribution >= 0.6 is 27.7 Å². The molecule has 4 atom stereocenters. The van der Waals surface area contributed by atoms with Crippen LogP contribution in [0, 0.1) is 0 Å². The first kappa shape index (κ1) is 13.8. The average Bonchev–Trinajstić information content (AvgIpc) is 2.61. The van der Waals surface area contributed by atoms with Gasteiger partial charge in [-0.1, -0.05) is 0 Å². The maximum Gasteiger partial charge on any atom is 0.350 e. The van der Waals surface area contributed by atoms with Crippen LogP contribution in [-0.2, 0) is 0 Å². The highest BCUT2D eigenvalue weighted by Crippen LogP contribution is 2.41. The summed E-state index contributed by atoms with van der Waals surface area (Å²) < 4.78 is 1.62. The predicted octanol–water partition coefficient (Wildman–Crippen LogP) is -1.08. The molecule has 100 valence electrons. The molecule has 0 spiro atoms. The van der Waals surface area contributed by atoms with E-state index in [1.165, 1.54) is 10.8 Å². The molecule has 1 aromatic rings. The summed E-state index contributed by atoms with van der Waals surface area (Å²) in [5.41, 5.74) is 4.86. The quantitative estimate of drug-likeness (QED) is 0.541. The van der Waals surface area contributed by atoms with Gasteiger partial charge in [0, 0.05) is 6.20 Å². The number of aliphatic hydroxyl groups excluding tert-OH is 3. The second kappa shape index (κ2) is 5.17. The Labute approximate surface area is 115 Å². The maximum atomic E-state index is 11.7. The molecule has 0 aromatic carbocycles. The Bertz CT molecular complexity index is 511. The summed E-state index contributed by atoms with van der Waals surface area (Å²) in [6.07, 6.45) is -0.826. The molecule has 18 heavy (non-hydrogen) atoms. The van der Waals surface area contributed by atoms with E-state index < -0.39 is 28.5 Å². The smallest absolute Gasteiger partial charge is 0.350 e. The number of nitrogens with zero attached hydrogens (tertiary/aromatic N) is 2. The first-order valence-electron chi connectivity index (χ1n) is 5.12. The normalized spacial score (nSPS) is 31.8. The molecule has 9 heteroatoms. The number of halogens is 1. The summed E-state index contributed by atoms with van der Waals surface area (Å²) >= 11 is 4.26. The fourth-order valence-corrected chi connectivity index (χ4v) is 3.43. The van der Waals surface area contributed by atoms with E-state index in [0.717, 1.165) is 11.8 Å². The molecule has 2 rings (SSSR count). The van der Waals surface area contributed by atoms with Gasteiger partial charge in [-0.2, -0.15) is 4.98 Å². The first-order valence-corrected chi connectivity index (χ1v) is 6.86. The van der Waals surface area contributed by atoms with Gasteiger partial charge in [0.15, 0.2) is 0 Å². The van der Waals surface area contributed by atoms with Crippen molar-refractivity contribution in [2.75, 3.05) is 12.3 Å². The predicted molar refractivity (Wildman–Crippen MR) is 70.1 cm³/mol. The van der Waals surface area contributed by atoms with Gasteiger partial charge in [-0.15, -0.1) is 11.8 Å². The number of aromatic nitrogens is 2. The molecule has 1 aliphatic heterocycles. The number of nitrogens with two attached hydrogens (primary N) is 1. The van der Waals surface area contributed by atoms with Gasteiger partial charge in [-0.25, -0.2) is 4.79 Å². The average molecular weight is 338 g/mol. The zero-order valence-electron chi connectivity index (χ0n) is 9.10. The molecule has 0 aliphatic carbocycles. The van der Waals surface area contributed by atoms with Gasteiger partial charge in [0.05, 0.1) is 22.4 Å². The lowest BCUT2D eigenvalue weighted by molar-refractivity contribution is 0.0101. The lowest BCUT2D eigenvalue weighted by Crippen LogP contribution is -2.36. The molecule has 1 aliphatic rings. The third-order valence-electron chi connectivity index (χ3n) is 2.73. The summed E-state index contributed by atoms with van der Waals surface area (Å²) in [4.78, 5) is 15.3. The topological polar surface area (TPSA) is 122 Å². The Morgan fingerprint density at radius 1 is 1.50 bits per heavy atom. The molecule has 1 saturated heterocycles. The van der Waals surface area contributed by atoms with Crippen molar-refractivity contribution in [1.82, 2.24) is 9.55 Å². The van der Waals surface area contributed by atoms with Crippen molar-refractivity contribution < 1.29 is 15.3 Å². The standard InChI is InChI=1S/C9H12BrN3O4S/c10-3-1-13(9(17)12-7(3)11)8-6(16)5(15)4(2-14)18-8/h1,4-6,8,14-16H,2H2,(H2,11,12,17)/t4-,5-,6+,8+/m1/s1. The fraction of sp³-hybridized carbons (Fsp3) is 0.556. The largest absolute Gasteiger partial charge is 0.395 e. The van der Waals surface area contributed by atoms with Crippen LogP contribution in [0.25, 0.3) is 0 Å². The summed E-state index contributed by atoms with van der Waals surface area (Å²) in [5, 5.41) is 27.4. The number of hydrogen-bond acceptors (Lipinski definition) is 7. The van der Waals surface area contributed by atoms with Gasteiger partial charge in [0.25, 0.3) is 0 Å². The van der Waals surface area contributed by atoms with E-state index in [9.17, 15) is 15.0 Å². The molecule has 7 nitrogen and oxygen atoms in total. The molecule has 0 unspecified atom stereocenters. The van der Waals surface area contributed by atoms with E-state index in [2.05, 4.69) is 20.9 Å². The number of thioether (sulfide) groups is 1. The van der Waals surface area contributed by atoms with Gasteiger partial charge in [0.2, 0.25) is 0 Å². The zero-order valence-corrected chi connectivity index (χ0v) is 11.5. The number of aliphatic hydroxyl groups is 3. The monoisotopic (exact) mass is 337 g/mol. The third-order valence-corrected chi connectivity index (χ3v) is 4.90. The number of anilines is 1. The Morgan fingerprint density at radius 3 is 2.72 bits per heavy atom. The van der Waals surface area contributed by atoms with E-state index in [1.54, 1.807) is 0 Å². The van der Waals surface area contributed by atoms with Crippen LogP contribution < -0.4 is 11.4 Å². The molecule has 0 bridgehead atoms. The van der Waals surface area contributed by atoms with Crippen LogP contribution in [0.5, 0.6) is 0 Å². The van der Waals surface area contributed by atoms with Crippen molar-refractivity contribution in [3.63, 3.8) is 0 Å². The van der Waals surface area contributed by atoms with Crippen molar-refractivity contribution in [2.24, 2.45) is 0 Å². The molecule has 1 aromatic heterocycles. The van der Waals surface area contributed by atoms with E-state index in [0.29, 0.717) is 4.47 Å². The molecule has 0 radical (unpaired) electrons. The first-order chi connectivity index (χ1) is 8.45. The summed E-state index contributed by atoms with van der Waals surface area (Å²) in [6, 6.07) is 0. The van der Waals surface area contributed by atoms with Crippen molar-refractivity contribution in [1.29, 1.82) is 0 Å². The number of rotatable bonds is 2. The minimum Gasteiger partial charge on any atom is -0.395 e. The lowest BCUT2D eigenvalue weighted by Gasteiger charge is -2.17. The van der Waals surface area contributed by atoms with E-state index in [4.69, 9.17) is 10.8 Å². The highest BCUT2D eigenvalue weighted by Gasteiger charge is 2.43. The summed E-state index contributed by atoms with van der Waals surface area (Å²) in [5.74, 6) is 0.0630. The van der Waals surface area contributed by atoms with Crippen molar-refractivity contribution in [3.05, 3.63) is 21.2 Å². The molecular weight excluding hydrogens is 326 g/mol. The molecule has 0 saturated carbocycles. The van der Waals surface area contributed by atoms with Gasteiger partial charge >= 0.3 is 5.69 Å². The Kier molecular flexibility index (Phi) is 3.97. The van der Waals surface area contributed by atoms with Crippen LogP contribution in [0.4, 0.5) is 5.82 Å². The highest BCUT2D eigenvalue weighted by molar-refractivity contribution is 9.10. The van der Waals surface area contributed by atoms with Crippen LogP contribution in [-0.4, -0.2) is 48.9 Å². The van der Waals surface area contributed by atoms with Gasteiger partial charge in [-0.05, 0) is 15.9 Å². The Hall–Kier alpha value is -0.610. The zero-order chi connectivity index (χ0) is 13.4. The van der Waals surface area contributed by atoms with Crippen molar-refractivity contribution in [3.8, 4) is 0 Å². The van der Waals surface area contributed by atoms with Crippen molar-refractivity contribution in [2.45, 2.75) is 22.8 Å². The van der Waals surface area contributed by atoms with Crippen LogP contribution in [0.3, 0.4) is 0 Å². The molecule has 1 fully saturated rings. The lowest BCUT2D eigenvalue weighted by atomic mass is 10.1. The van der Waals surface area contributed by atoms with Crippen LogP contribution in [0.1, 0.15) is 5.37 Å². The highest BCUT2D eigenvalue weighted by atomic mass is 79.9. The van der Waals surface area contributed by atoms with E-state index in [-0.39, 0.29) is 12.4 Å². The van der Waals surface area contributed by atoms with Gasteiger partial charge < -0.3 is 21.1 Å². The second-order valence-corrected chi connectivity index (χ2v) is 6.11. The van der Waals surface area contributed by atoms with E-state index in [1.807, 2.05) is 0 Å². The minimum atomic E-state index is -1.15. The fourth-order valence-electron chi connectivity index (χ4n) is 1.75. The molecule has 0 amide bonds. The van der Waals surface area contributed by atoms with Gasteiger partial charge in [0.1, 0.15) is 17.3 Å².